The number of aryl methyl sites for hydroxylation is 1. The summed E-state index contributed by atoms with van der Waals surface area (Å²) >= 11 is 0. The summed E-state index contributed by atoms with van der Waals surface area (Å²) in [5, 5.41) is 41.7. The fraction of sp³-hybridized carbons (Fsp3) is 0.355. The number of carbonyl (C=O) groups is 2. The zero-order valence-electron chi connectivity index (χ0n) is 21.9. The topological polar surface area (TPSA) is 138 Å². The molecule has 210 valence electrons. The Labute approximate surface area is 231 Å². The summed E-state index contributed by atoms with van der Waals surface area (Å²) in [6.45, 7) is 0.937. The number of aliphatic hydroxyl groups is 3. The van der Waals surface area contributed by atoms with E-state index < -0.39 is 36.7 Å². The Bertz CT molecular complexity index is 1490. The Morgan fingerprint density at radius 3 is 2.27 bits per heavy atom. The quantitative estimate of drug-likeness (QED) is 0.165. The number of benzene rings is 3. The summed E-state index contributed by atoms with van der Waals surface area (Å²) in [5.41, 5.74) is 2.37. The van der Waals surface area contributed by atoms with Crippen molar-refractivity contribution in [2.24, 2.45) is 0 Å². The standard InChI is InChI=1S/C31H33NO8/c33-25(22-14-9-11-19-10-3-4-12-20(19)22)23-18-32(24-15-6-5-13-21(23)24)16-7-1-2-8-17-39-31-28(36)26(34)27(35)29(40-31)30(37)38/h3-6,9-15,18,26-29,31,34-36H,1-2,7-8,16-17H2,(H,37,38). The van der Waals surface area contributed by atoms with Gasteiger partial charge in [0.2, 0.25) is 0 Å². The third kappa shape index (κ3) is 5.65. The lowest BCUT2D eigenvalue weighted by atomic mass is 9.97. The fourth-order valence-corrected chi connectivity index (χ4v) is 5.31. The third-order valence-corrected chi connectivity index (χ3v) is 7.46. The number of ketones is 1. The number of aromatic nitrogens is 1. The molecular formula is C31H33NO8. The number of hydrogen-bond acceptors (Lipinski definition) is 7. The van der Waals surface area contributed by atoms with Crippen LogP contribution in [0.3, 0.4) is 0 Å². The summed E-state index contributed by atoms with van der Waals surface area (Å²) in [4.78, 5) is 24.9. The molecule has 4 N–H and O–H groups in total. The number of rotatable bonds is 11. The second kappa shape index (κ2) is 12.3. The lowest BCUT2D eigenvalue weighted by Gasteiger charge is -2.38. The molecule has 3 aromatic carbocycles. The van der Waals surface area contributed by atoms with E-state index in [2.05, 4.69) is 4.57 Å². The molecular weight excluding hydrogens is 514 g/mol. The van der Waals surface area contributed by atoms with Crippen LogP contribution in [0, 0.1) is 0 Å². The van der Waals surface area contributed by atoms with Crippen LogP contribution in [0.25, 0.3) is 21.7 Å². The Kier molecular flexibility index (Phi) is 8.58. The van der Waals surface area contributed by atoms with Gasteiger partial charge in [0.15, 0.2) is 18.2 Å². The highest BCUT2D eigenvalue weighted by atomic mass is 16.7. The van der Waals surface area contributed by atoms with Gasteiger partial charge in [-0.15, -0.1) is 0 Å². The van der Waals surface area contributed by atoms with Crippen LogP contribution in [0.2, 0.25) is 0 Å². The highest BCUT2D eigenvalue weighted by Gasteiger charge is 2.47. The monoisotopic (exact) mass is 547 g/mol. The van der Waals surface area contributed by atoms with E-state index in [4.69, 9.17) is 14.6 Å². The fourth-order valence-electron chi connectivity index (χ4n) is 5.31. The molecule has 9 nitrogen and oxygen atoms in total. The number of carboxylic acids is 1. The Morgan fingerprint density at radius 1 is 0.775 bits per heavy atom. The average molecular weight is 548 g/mol. The van der Waals surface area contributed by atoms with E-state index in [0.29, 0.717) is 17.5 Å². The molecule has 0 bridgehead atoms. The number of carbonyl (C=O) groups excluding carboxylic acids is 1. The van der Waals surface area contributed by atoms with E-state index in [9.17, 15) is 24.9 Å². The summed E-state index contributed by atoms with van der Waals surface area (Å²) in [7, 11) is 0. The molecule has 2 heterocycles. The number of ether oxygens (including phenoxy) is 2. The first kappa shape index (κ1) is 27.9. The number of fused-ring (bicyclic) bond motifs is 2. The molecule has 5 unspecified atom stereocenters. The largest absolute Gasteiger partial charge is 0.479 e. The van der Waals surface area contributed by atoms with Crippen molar-refractivity contribution >= 4 is 33.4 Å². The molecule has 0 spiro atoms. The van der Waals surface area contributed by atoms with Crippen LogP contribution in [0.4, 0.5) is 0 Å². The summed E-state index contributed by atoms with van der Waals surface area (Å²) in [5.74, 6) is -1.44. The number of hydrogen-bond donors (Lipinski definition) is 4. The van der Waals surface area contributed by atoms with E-state index in [-0.39, 0.29) is 12.4 Å². The van der Waals surface area contributed by atoms with Crippen LogP contribution in [0.5, 0.6) is 0 Å². The first-order valence-electron chi connectivity index (χ1n) is 13.5. The van der Waals surface area contributed by atoms with Crippen molar-refractivity contribution in [3.8, 4) is 0 Å². The van der Waals surface area contributed by atoms with Gasteiger partial charge in [-0.3, -0.25) is 4.79 Å². The molecule has 0 radical (unpaired) electrons. The molecule has 1 aromatic heterocycles. The molecule has 1 fully saturated rings. The van der Waals surface area contributed by atoms with Gasteiger partial charge >= 0.3 is 5.97 Å². The van der Waals surface area contributed by atoms with Gasteiger partial charge < -0.3 is 34.5 Å². The van der Waals surface area contributed by atoms with Gasteiger partial charge in [-0.2, -0.15) is 0 Å². The van der Waals surface area contributed by atoms with Crippen molar-refractivity contribution in [3.63, 3.8) is 0 Å². The highest BCUT2D eigenvalue weighted by Crippen LogP contribution is 2.28. The van der Waals surface area contributed by atoms with Gasteiger partial charge in [-0.25, -0.2) is 4.79 Å². The maximum Gasteiger partial charge on any atom is 0.335 e. The zero-order valence-corrected chi connectivity index (χ0v) is 21.9. The molecule has 1 aliphatic rings. The minimum atomic E-state index is -1.74. The molecule has 4 aromatic rings. The number of nitrogens with zero attached hydrogens (tertiary/aromatic N) is 1. The van der Waals surface area contributed by atoms with E-state index in [1.54, 1.807) is 0 Å². The van der Waals surface area contributed by atoms with Crippen LogP contribution in [0.1, 0.15) is 41.6 Å². The van der Waals surface area contributed by atoms with E-state index >= 15 is 0 Å². The van der Waals surface area contributed by atoms with Gasteiger partial charge in [0.25, 0.3) is 0 Å². The lowest BCUT2D eigenvalue weighted by molar-refractivity contribution is -0.294. The van der Waals surface area contributed by atoms with Gasteiger partial charge in [-0.1, -0.05) is 73.5 Å². The van der Waals surface area contributed by atoms with Crippen molar-refractivity contribution in [1.82, 2.24) is 4.57 Å². The van der Waals surface area contributed by atoms with Crippen LogP contribution in [-0.4, -0.2) is 74.1 Å². The second-order valence-corrected chi connectivity index (χ2v) is 10.1. The van der Waals surface area contributed by atoms with E-state index in [0.717, 1.165) is 47.5 Å². The third-order valence-electron chi connectivity index (χ3n) is 7.46. The maximum absolute atomic E-state index is 13.7. The Morgan fingerprint density at radius 2 is 1.48 bits per heavy atom. The van der Waals surface area contributed by atoms with Crippen molar-refractivity contribution in [1.29, 1.82) is 0 Å². The molecule has 0 saturated carbocycles. The molecule has 1 saturated heterocycles. The number of carboxylic acid groups (broad SMARTS) is 1. The summed E-state index contributed by atoms with van der Waals surface area (Å²) < 4.78 is 12.7. The maximum atomic E-state index is 13.7. The zero-order chi connectivity index (χ0) is 28.2. The molecule has 5 atom stereocenters. The first-order valence-corrected chi connectivity index (χ1v) is 13.5. The molecule has 40 heavy (non-hydrogen) atoms. The smallest absolute Gasteiger partial charge is 0.335 e. The predicted molar refractivity (Wildman–Crippen MR) is 148 cm³/mol. The van der Waals surface area contributed by atoms with Crippen molar-refractivity contribution < 1.29 is 39.5 Å². The SMILES string of the molecule is O=C(c1cccc2ccccc12)c1cn(CCCCCCOC2OC(C(=O)O)C(O)C(O)C2O)c2ccccc12. The van der Waals surface area contributed by atoms with Crippen LogP contribution in [-0.2, 0) is 20.8 Å². The first-order chi connectivity index (χ1) is 19.4. The average Bonchev–Trinajstić information content (AvgIpc) is 3.34. The van der Waals surface area contributed by atoms with Crippen LogP contribution in [0.15, 0.2) is 72.9 Å². The van der Waals surface area contributed by atoms with Crippen molar-refractivity contribution in [2.75, 3.05) is 6.61 Å². The predicted octanol–water partition coefficient (Wildman–Crippen LogP) is 3.49. The van der Waals surface area contributed by atoms with E-state index in [1.165, 1.54) is 0 Å². The number of unbranched alkanes of at least 4 members (excludes halogenated alkanes) is 3. The van der Waals surface area contributed by atoms with E-state index in [1.807, 2.05) is 72.9 Å². The van der Waals surface area contributed by atoms with Crippen molar-refractivity contribution in [2.45, 2.75) is 62.9 Å². The highest BCUT2D eigenvalue weighted by molar-refractivity contribution is 6.21. The van der Waals surface area contributed by atoms with Gasteiger partial charge in [0.05, 0.1) is 0 Å². The van der Waals surface area contributed by atoms with Gasteiger partial charge in [-0.05, 0) is 29.7 Å². The second-order valence-electron chi connectivity index (χ2n) is 10.1. The molecule has 5 rings (SSSR count). The van der Waals surface area contributed by atoms with Crippen molar-refractivity contribution in [3.05, 3.63) is 84.1 Å². The number of aliphatic hydroxyl groups excluding tert-OH is 3. The number of para-hydroxylation sites is 1. The number of aliphatic carboxylic acids is 1. The minimum absolute atomic E-state index is 0.00112. The Balaban J connectivity index is 1.16. The summed E-state index contributed by atoms with van der Waals surface area (Å²) in [6.07, 6.45) is -2.80. The normalized spacial score (nSPS) is 23.0. The molecule has 0 aliphatic carbocycles. The summed E-state index contributed by atoms with van der Waals surface area (Å²) in [6, 6.07) is 21.6. The van der Waals surface area contributed by atoms with Crippen LogP contribution < -0.4 is 0 Å². The molecule has 9 heteroatoms. The Hall–Kier alpha value is -3.60. The van der Waals surface area contributed by atoms with Crippen LogP contribution >= 0.6 is 0 Å². The van der Waals surface area contributed by atoms with Gasteiger partial charge in [0.1, 0.15) is 18.3 Å². The van der Waals surface area contributed by atoms with Gasteiger partial charge in [0, 0.05) is 41.4 Å². The molecule has 0 amide bonds. The lowest BCUT2D eigenvalue weighted by Crippen LogP contribution is -2.60. The molecule has 1 aliphatic heterocycles. The minimum Gasteiger partial charge on any atom is -0.479 e.